The maximum atomic E-state index is 5.78. The van der Waals surface area contributed by atoms with Gasteiger partial charge in [0.05, 0.1) is 5.69 Å². The van der Waals surface area contributed by atoms with E-state index in [0.29, 0.717) is 6.54 Å². The van der Waals surface area contributed by atoms with Gasteiger partial charge in [-0.1, -0.05) is 17.7 Å². The molecule has 0 aliphatic rings. The first kappa shape index (κ1) is 11.9. The molecule has 2 N–H and O–H groups in total. The van der Waals surface area contributed by atoms with Crippen LogP contribution in [0.3, 0.4) is 0 Å². The summed E-state index contributed by atoms with van der Waals surface area (Å²) < 4.78 is 1.83. The second-order valence-electron chi connectivity index (χ2n) is 4.65. The lowest BCUT2D eigenvalue weighted by Crippen LogP contribution is -1.99. The number of aromatic nitrogens is 2. The number of nitrogens with zero attached hydrogens (tertiary/aromatic N) is 2. The molecule has 1 aromatic heterocycles. The molecule has 0 saturated carbocycles. The minimum atomic E-state index is 0.524. The summed E-state index contributed by atoms with van der Waals surface area (Å²) in [6, 6.07) is 4.38. The molecule has 90 valence electrons. The maximum absolute atomic E-state index is 5.78. The molecule has 0 aliphatic heterocycles. The van der Waals surface area contributed by atoms with Gasteiger partial charge in [0.2, 0.25) is 0 Å². The van der Waals surface area contributed by atoms with Gasteiger partial charge in [-0.2, -0.15) is 5.10 Å². The van der Waals surface area contributed by atoms with Crippen molar-refractivity contribution in [2.75, 3.05) is 0 Å². The molecule has 1 heterocycles. The van der Waals surface area contributed by atoms with E-state index < -0.39 is 0 Å². The zero-order chi connectivity index (χ0) is 12.6. The topological polar surface area (TPSA) is 43.8 Å². The SMILES string of the molecule is Cc1cc(C)c(-c2nn(C)cc2CN)c(C)c1. The van der Waals surface area contributed by atoms with Gasteiger partial charge in [-0.15, -0.1) is 0 Å². The molecule has 0 atom stereocenters. The van der Waals surface area contributed by atoms with Crippen LogP contribution in [0.25, 0.3) is 11.3 Å². The van der Waals surface area contributed by atoms with E-state index in [1.165, 1.54) is 22.3 Å². The summed E-state index contributed by atoms with van der Waals surface area (Å²) in [5.74, 6) is 0. The lowest BCUT2D eigenvalue weighted by molar-refractivity contribution is 0.769. The molecule has 2 rings (SSSR count). The van der Waals surface area contributed by atoms with Crippen LogP contribution >= 0.6 is 0 Å². The number of rotatable bonds is 2. The fourth-order valence-electron chi connectivity index (χ4n) is 2.45. The van der Waals surface area contributed by atoms with Gasteiger partial charge in [-0.3, -0.25) is 4.68 Å². The van der Waals surface area contributed by atoms with Crippen molar-refractivity contribution in [1.29, 1.82) is 0 Å². The highest BCUT2D eigenvalue weighted by Crippen LogP contribution is 2.29. The van der Waals surface area contributed by atoms with Crippen LogP contribution in [0.15, 0.2) is 18.3 Å². The molecule has 0 bridgehead atoms. The average molecular weight is 229 g/mol. The molecule has 3 heteroatoms. The molecule has 0 unspecified atom stereocenters. The molecular weight excluding hydrogens is 210 g/mol. The lowest BCUT2D eigenvalue weighted by Gasteiger charge is -2.10. The van der Waals surface area contributed by atoms with Gasteiger partial charge in [0.25, 0.3) is 0 Å². The van der Waals surface area contributed by atoms with Gasteiger partial charge < -0.3 is 5.73 Å². The first-order chi connectivity index (χ1) is 8.02. The summed E-state index contributed by atoms with van der Waals surface area (Å²) in [7, 11) is 1.93. The molecule has 1 aromatic carbocycles. The maximum Gasteiger partial charge on any atom is 0.0973 e. The number of hydrogen-bond acceptors (Lipinski definition) is 2. The predicted molar refractivity (Wildman–Crippen MR) is 70.7 cm³/mol. The number of benzene rings is 1. The summed E-state index contributed by atoms with van der Waals surface area (Å²) in [5, 5.41) is 4.54. The Kier molecular flexibility index (Phi) is 3.03. The Labute approximate surface area is 102 Å². The van der Waals surface area contributed by atoms with Crippen molar-refractivity contribution in [1.82, 2.24) is 9.78 Å². The molecule has 0 saturated heterocycles. The van der Waals surface area contributed by atoms with Gasteiger partial charge in [-0.05, 0) is 31.9 Å². The summed E-state index contributed by atoms with van der Waals surface area (Å²) in [4.78, 5) is 0. The van der Waals surface area contributed by atoms with Crippen molar-refractivity contribution in [3.05, 3.63) is 40.6 Å². The average Bonchev–Trinajstić information content (AvgIpc) is 2.58. The van der Waals surface area contributed by atoms with Crippen molar-refractivity contribution >= 4 is 0 Å². The molecule has 3 nitrogen and oxygen atoms in total. The molecule has 2 aromatic rings. The molecule has 17 heavy (non-hydrogen) atoms. The van der Waals surface area contributed by atoms with Crippen molar-refractivity contribution < 1.29 is 0 Å². The number of hydrogen-bond donors (Lipinski definition) is 1. The Bertz CT molecular complexity index is 530. The van der Waals surface area contributed by atoms with Crippen molar-refractivity contribution in [2.24, 2.45) is 12.8 Å². The van der Waals surface area contributed by atoms with Crippen LogP contribution in [0.5, 0.6) is 0 Å². The van der Waals surface area contributed by atoms with Gasteiger partial charge in [0.15, 0.2) is 0 Å². The molecule has 0 radical (unpaired) electrons. The minimum absolute atomic E-state index is 0.524. The van der Waals surface area contributed by atoms with Crippen LogP contribution in [0.2, 0.25) is 0 Å². The van der Waals surface area contributed by atoms with Crippen molar-refractivity contribution in [3.8, 4) is 11.3 Å². The van der Waals surface area contributed by atoms with E-state index in [-0.39, 0.29) is 0 Å². The van der Waals surface area contributed by atoms with Crippen LogP contribution < -0.4 is 5.73 Å². The highest BCUT2D eigenvalue weighted by Gasteiger charge is 2.13. The second kappa shape index (κ2) is 4.34. The first-order valence-corrected chi connectivity index (χ1v) is 5.83. The Morgan fingerprint density at radius 3 is 2.29 bits per heavy atom. The third-order valence-corrected chi connectivity index (χ3v) is 3.04. The van der Waals surface area contributed by atoms with Crippen LogP contribution in [-0.2, 0) is 13.6 Å². The molecule has 0 spiro atoms. The monoisotopic (exact) mass is 229 g/mol. The van der Waals surface area contributed by atoms with E-state index in [1.54, 1.807) is 0 Å². The Morgan fingerprint density at radius 1 is 1.18 bits per heavy atom. The lowest BCUT2D eigenvalue weighted by atomic mass is 9.95. The normalized spacial score (nSPS) is 10.9. The van der Waals surface area contributed by atoms with E-state index in [1.807, 2.05) is 17.9 Å². The smallest absolute Gasteiger partial charge is 0.0973 e. The van der Waals surface area contributed by atoms with Gasteiger partial charge in [-0.25, -0.2) is 0 Å². The fraction of sp³-hybridized carbons (Fsp3) is 0.357. The van der Waals surface area contributed by atoms with Crippen LogP contribution in [-0.4, -0.2) is 9.78 Å². The Hall–Kier alpha value is -1.61. The van der Waals surface area contributed by atoms with Crippen molar-refractivity contribution in [2.45, 2.75) is 27.3 Å². The van der Waals surface area contributed by atoms with Gasteiger partial charge >= 0.3 is 0 Å². The highest BCUT2D eigenvalue weighted by atomic mass is 15.3. The quantitative estimate of drug-likeness (QED) is 0.859. The van der Waals surface area contributed by atoms with Crippen LogP contribution in [0, 0.1) is 20.8 Å². The van der Waals surface area contributed by atoms with E-state index in [0.717, 1.165) is 11.3 Å². The third-order valence-electron chi connectivity index (χ3n) is 3.04. The molecule has 0 fully saturated rings. The largest absolute Gasteiger partial charge is 0.326 e. The highest BCUT2D eigenvalue weighted by molar-refractivity contribution is 5.70. The molecule has 0 aliphatic carbocycles. The van der Waals surface area contributed by atoms with E-state index in [9.17, 15) is 0 Å². The second-order valence-corrected chi connectivity index (χ2v) is 4.65. The van der Waals surface area contributed by atoms with Gasteiger partial charge in [0.1, 0.15) is 0 Å². The molecular formula is C14H19N3. The summed E-state index contributed by atoms with van der Waals surface area (Å²) in [6.07, 6.45) is 1.99. The summed E-state index contributed by atoms with van der Waals surface area (Å²) in [5.41, 5.74) is 12.9. The van der Waals surface area contributed by atoms with Crippen LogP contribution in [0.1, 0.15) is 22.3 Å². The third kappa shape index (κ3) is 2.11. The van der Waals surface area contributed by atoms with Crippen LogP contribution in [0.4, 0.5) is 0 Å². The van der Waals surface area contributed by atoms with E-state index >= 15 is 0 Å². The Balaban J connectivity index is 2.67. The van der Waals surface area contributed by atoms with Gasteiger partial charge in [0, 0.05) is 30.9 Å². The van der Waals surface area contributed by atoms with E-state index in [2.05, 4.69) is 38.0 Å². The summed E-state index contributed by atoms with van der Waals surface area (Å²) in [6.45, 7) is 6.90. The zero-order valence-corrected chi connectivity index (χ0v) is 10.9. The molecule has 0 amide bonds. The Morgan fingerprint density at radius 2 is 1.76 bits per heavy atom. The number of aryl methyl sites for hydroxylation is 4. The predicted octanol–water partition coefficient (Wildman–Crippen LogP) is 2.47. The standard InChI is InChI=1S/C14H19N3/c1-9-5-10(2)13(11(3)6-9)14-12(7-15)8-17(4)16-14/h5-6,8H,7,15H2,1-4H3. The first-order valence-electron chi connectivity index (χ1n) is 5.83. The van der Waals surface area contributed by atoms with Crippen molar-refractivity contribution in [3.63, 3.8) is 0 Å². The van der Waals surface area contributed by atoms with E-state index in [4.69, 9.17) is 5.73 Å². The number of nitrogens with two attached hydrogens (primary N) is 1. The minimum Gasteiger partial charge on any atom is -0.326 e. The fourth-order valence-corrected chi connectivity index (χ4v) is 2.45. The zero-order valence-electron chi connectivity index (χ0n) is 10.9. The summed E-state index contributed by atoms with van der Waals surface area (Å²) >= 11 is 0.